The van der Waals surface area contributed by atoms with Gasteiger partial charge in [0.1, 0.15) is 0 Å². The van der Waals surface area contributed by atoms with Crippen LogP contribution < -0.4 is 10.2 Å². The SMILES string of the molecule is C[C@@H]1Cc2cc(S(=O)(=O)CCC(=O)Nc3cccc(Cl)c3)ccc2N1C(=O)C1CC1. The van der Waals surface area contributed by atoms with Crippen molar-refractivity contribution in [1.29, 1.82) is 0 Å². The molecule has 1 aliphatic carbocycles. The molecule has 30 heavy (non-hydrogen) atoms. The molecule has 2 amide bonds. The maximum Gasteiger partial charge on any atom is 0.230 e. The summed E-state index contributed by atoms with van der Waals surface area (Å²) in [6.45, 7) is 1.98. The van der Waals surface area contributed by atoms with Gasteiger partial charge in [0, 0.05) is 34.8 Å². The number of sulfone groups is 1. The predicted molar refractivity (Wildman–Crippen MR) is 117 cm³/mol. The third kappa shape index (κ3) is 4.37. The normalized spacial score (nSPS) is 18.2. The van der Waals surface area contributed by atoms with Crippen LogP contribution in [0.2, 0.25) is 5.02 Å². The summed E-state index contributed by atoms with van der Waals surface area (Å²) in [4.78, 5) is 26.7. The van der Waals surface area contributed by atoms with Crippen molar-refractivity contribution in [2.45, 2.75) is 43.5 Å². The molecule has 0 bridgehead atoms. The van der Waals surface area contributed by atoms with Crippen LogP contribution in [0.15, 0.2) is 47.4 Å². The topological polar surface area (TPSA) is 83.6 Å². The Bertz CT molecular complexity index is 1110. The molecule has 4 rings (SSSR count). The van der Waals surface area contributed by atoms with E-state index >= 15 is 0 Å². The first-order valence-electron chi connectivity index (χ1n) is 9.99. The maximum absolute atomic E-state index is 12.8. The summed E-state index contributed by atoms with van der Waals surface area (Å²) in [6.07, 6.45) is 2.34. The Morgan fingerprint density at radius 3 is 2.63 bits per heavy atom. The second-order valence-corrected chi connectivity index (χ2v) is 10.5. The monoisotopic (exact) mass is 446 g/mol. The lowest BCUT2D eigenvalue weighted by molar-refractivity contribution is -0.120. The number of rotatable bonds is 6. The molecule has 6 nitrogen and oxygen atoms in total. The number of fused-ring (bicyclic) bond motifs is 1. The zero-order valence-electron chi connectivity index (χ0n) is 16.6. The highest BCUT2D eigenvalue weighted by Gasteiger charge is 2.39. The number of halogens is 1. The minimum atomic E-state index is -3.63. The average molecular weight is 447 g/mol. The minimum absolute atomic E-state index is 0.0227. The van der Waals surface area contributed by atoms with Crippen molar-refractivity contribution in [2.24, 2.45) is 5.92 Å². The van der Waals surface area contributed by atoms with Crippen molar-refractivity contribution in [3.8, 4) is 0 Å². The van der Waals surface area contributed by atoms with E-state index in [0.29, 0.717) is 17.1 Å². The van der Waals surface area contributed by atoms with Crippen molar-refractivity contribution in [1.82, 2.24) is 0 Å². The van der Waals surface area contributed by atoms with Gasteiger partial charge in [-0.05, 0) is 68.1 Å². The van der Waals surface area contributed by atoms with Crippen LogP contribution in [-0.4, -0.2) is 32.0 Å². The molecule has 1 heterocycles. The van der Waals surface area contributed by atoms with E-state index in [2.05, 4.69) is 5.32 Å². The molecule has 0 aromatic heterocycles. The van der Waals surface area contributed by atoms with Crippen LogP contribution in [0, 0.1) is 5.92 Å². The van der Waals surface area contributed by atoms with Gasteiger partial charge in [-0.25, -0.2) is 8.42 Å². The van der Waals surface area contributed by atoms with Gasteiger partial charge < -0.3 is 10.2 Å². The summed E-state index contributed by atoms with van der Waals surface area (Å²) in [7, 11) is -3.63. The van der Waals surface area contributed by atoms with E-state index in [-0.39, 0.29) is 34.9 Å². The zero-order valence-corrected chi connectivity index (χ0v) is 18.2. The number of carbonyl (C=O) groups is 2. The van der Waals surface area contributed by atoms with Crippen molar-refractivity contribution in [3.63, 3.8) is 0 Å². The molecule has 8 heteroatoms. The third-order valence-electron chi connectivity index (χ3n) is 5.50. The molecule has 2 aromatic carbocycles. The number of carbonyl (C=O) groups excluding carboxylic acids is 2. The van der Waals surface area contributed by atoms with E-state index < -0.39 is 15.7 Å². The van der Waals surface area contributed by atoms with Gasteiger partial charge in [-0.1, -0.05) is 17.7 Å². The van der Waals surface area contributed by atoms with Crippen molar-refractivity contribution >= 4 is 44.6 Å². The molecule has 0 radical (unpaired) electrons. The first-order chi connectivity index (χ1) is 14.2. The molecule has 158 valence electrons. The Kier molecular flexibility index (Phi) is 5.59. The molecular weight excluding hydrogens is 424 g/mol. The van der Waals surface area contributed by atoms with Crippen LogP contribution in [0.3, 0.4) is 0 Å². The van der Waals surface area contributed by atoms with Crippen LogP contribution in [0.1, 0.15) is 31.7 Å². The van der Waals surface area contributed by atoms with Gasteiger partial charge in [0.05, 0.1) is 10.6 Å². The summed E-state index contributed by atoms with van der Waals surface area (Å²) in [5.41, 5.74) is 2.19. The van der Waals surface area contributed by atoms with Crippen LogP contribution in [-0.2, 0) is 25.8 Å². The number of hydrogen-bond acceptors (Lipinski definition) is 4. The highest BCUT2D eigenvalue weighted by atomic mass is 35.5. The van der Waals surface area contributed by atoms with Gasteiger partial charge in [-0.2, -0.15) is 0 Å². The maximum atomic E-state index is 12.8. The third-order valence-corrected chi connectivity index (χ3v) is 7.44. The van der Waals surface area contributed by atoms with E-state index in [1.54, 1.807) is 36.4 Å². The summed E-state index contributed by atoms with van der Waals surface area (Å²) in [6, 6.07) is 11.6. The Balaban J connectivity index is 1.44. The summed E-state index contributed by atoms with van der Waals surface area (Å²) < 4.78 is 25.6. The fourth-order valence-corrected chi connectivity index (χ4v) is 5.28. The van der Waals surface area contributed by atoms with Gasteiger partial charge in [0.25, 0.3) is 0 Å². The van der Waals surface area contributed by atoms with Gasteiger partial charge in [-0.3, -0.25) is 9.59 Å². The highest BCUT2D eigenvalue weighted by molar-refractivity contribution is 7.91. The second-order valence-electron chi connectivity index (χ2n) is 7.95. The Labute approximate surface area is 181 Å². The lowest BCUT2D eigenvalue weighted by atomic mass is 10.1. The van der Waals surface area contributed by atoms with Crippen molar-refractivity contribution in [2.75, 3.05) is 16.0 Å². The van der Waals surface area contributed by atoms with Gasteiger partial charge >= 0.3 is 0 Å². The zero-order chi connectivity index (χ0) is 21.5. The smallest absolute Gasteiger partial charge is 0.230 e. The number of benzene rings is 2. The number of nitrogens with one attached hydrogen (secondary N) is 1. The fraction of sp³-hybridized carbons (Fsp3) is 0.364. The number of anilines is 2. The van der Waals surface area contributed by atoms with Gasteiger partial charge in [-0.15, -0.1) is 0 Å². The number of amides is 2. The van der Waals surface area contributed by atoms with Crippen molar-refractivity contribution in [3.05, 3.63) is 53.1 Å². The molecule has 1 fully saturated rings. The van der Waals surface area contributed by atoms with E-state index in [1.165, 1.54) is 6.07 Å². The second kappa shape index (κ2) is 8.04. The molecule has 2 aromatic rings. The quantitative estimate of drug-likeness (QED) is 0.730. The molecular formula is C22H23ClN2O4S. The Morgan fingerprint density at radius 2 is 1.93 bits per heavy atom. The van der Waals surface area contributed by atoms with Crippen LogP contribution in [0.5, 0.6) is 0 Å². The van der Waals surface area contributed by atoms with E-state index in [9.17, 15) is 18.0 Å². The van der Waals surface area contributed by atoms with E-state index in [4.69, 9.17) is 11.6 Å². The lowest BCUT2D eigenvalue weighted by Crippen LogP contribution is -2.36. The van der Waals surface area contributed by atoms with Crippen LogP contribution in [0.4, 0.5) is 11.4 Å². The van der Waals surface area contributed by atoms with Gasteiger partial charge in [0.2, 0.25) is 11.8 Å². The van der Waals surface area contributed by atoms with Crippen molar-refractivity contribution < 1.29 is 18.0 Å². The summed E-state index contributed by atoms with van der Waals surface area (Å²) >= 11 is 5.89. The Hall–Kier alpha value is -2.38. The van der Waals surface area contributed by atoms with Crippen LogP contribution >= 0.6 is 11.6 Å². The first-order valence-corrected chi connectivity index (χ1v) is 12.0. The molecule has 1 atom stereocenters. The van der Waals surface area contributed by atoms with E-state index in [0.717, 1.165) is 24.1 Å². The van der Waals surface area contributed by atoms with Crippen LogP contribution in [0.25, 0.3) is 0 Å². The number of nitrogens with zero attached hydrogens (tertiary/aromatic N) is 1. The molecule has 0 saturated heterocycles. The average Bonchev–Trinajstić information content (AvgIpc) is 3.48. The fourth-order valence-electron chi connectivity index (χ4n) is 3.80. The predicted octanol–water partition coefficient (Wildman–Crippen LogP) is 3.83. The number of hydrogen-bond donors (Lipinski definition) is 1. The summed E-state index contributed by atoms with van der Waals surface area (Å²) in [5, 5.41) is 3.14. The Morgan fingerprint density at radius 1 is 1.17 bits per heavy atom. The standard InChI is InChI=1S/C22H23ClN2O4S/c1-14-11-16-12-19(7-8-20(16)25(14)22(27)15-5-6-15)30(28,29)10-9-21(26)24-18-4-2-3-17(23)13-18/h2-4,7-8,12-15H,5-6,9-11H2,1H3,(H,24,26)/t14-/m1/s1. The molecule has 0 unspecified atom stereocenters. The molecule has 2 aliphatic rings. The van der Waals surface area contributed by atoms with E-state index in [1.807, 2.05) is 11.8 Å². The first kappa shape index (κ1) is 20.9. The largest absolute Gasteiger partial charge is 0.326 e. The summed E-state index contributed by atoms with van der Waals surface area (Å²) in [5.74, 6) is -0.440. The molecule has 1 saturated carbocycles. The lowest BCUT2D eigenvalue weighted by Gasteiger charge is -2.22. The van der Waals surface area contributed by atoms with Gasteiger partial charge in [0.15, 0.2) is 9.84 Å². The minimum Gasteiger partial charge on any atom is -0.326 e. The molecule has 1 aliphatic heterocycles. The highest BCUT2D eigenvalue weighted by Crippen LogP contribution is 2.39. The molecule has 0 spiro atoms. The molecule has 1 N–H and O–H groups in total.